The molecule has 0 radical (unpaired) electrons. The van der Waals surface area contributed by atoms with Gasteiger partial charge >= 0.3 is 0 Å². The molecular formula is C4H5ClN2. The molecule has 0 fully saturated rings. The highest BCUT2D eigenvalue weighted by molar-refractivity contribution is 6.68. The van der Waals surface area contributed by atoms with Crippen LogP contribution in [0.3, 0.4) is 0 Å². The van der Waals surface area contributed by atoms with Crippen molar-refractivity contribution in [2.45, 2.75) is 0 Å². The van der Waals surface area contributed by atoms with Crippen LogP contribution in [0.5, 0.6) is 0 Å². The first-order chi connectivity index (χ1) is 3.31. The van der Waals surface area contributed by atoms with Gasteiger partial charge in [-0.3, -0.25) is 0 Å². The van der Waals surface area contributed by atoms with E-state index in [0.29, 0.717) is 0 Å². The predicted octanol–water partition coefficient (Wildman–Crippen LogP) is 1.43. The quantitative estimate of drug-likeness (QED) is 0.385. The maximum atomic E-state index is 5.26. The van der Waals surface area contributed by atoms with Gasteiger partial charge < -0.3 is 0 Å². The zero-order valence-electron chi connectivity index (χ0n) is 3.76. The van der Waals surface area contributed by atoms with Gasteiger partial charge in [0.25, 0.3) is 0 Å². The number of halogens is 1. The van der Waals surface area contributed by atoms with Crippen LogP contribution in [0, 0.1) is 0 Å². The topological polar surface area (TPSA) is 24.7 Å². The maximum Gasteiger partial charge on any atom is 0.151 e. The number of allylic oxidation sites excluding steroid dienone is 1. The minimum absolute atomic E-state index is 0.259. The van der Waals surface area contributed by atoms with Crippen molar-refractivity contribution in [2.24, 2.45) is 10.2 Å². The molecule has 7 heavy (non-hydrogen) atoms. The summed E-state index contributed by atoms with van der Waals surface area (Å²) in [6.07, 6.45) is 1.39. The van der Waals surface area contributed by atoms with Gasteiger partial charge in [0, 0.05) is 6.72 Å². The second-order valence-electron chi connectivity index (χ2n) is 0.768. The second kappa shape index (κ2) is 3.56. The summed E-state index contributed by atoms with van der Waals surface area (Å²) in [6, 6.07) is 0. The number of hydrogen-bond donors (Lipinski definition) is 0. The average Bonchev–Trinajstić information content (AvgIpc) is 1.68. The Bertz CT molecular complexity index is 106. The highest BCUT2D eigenvalue weighted by Crippen LogP contribution is 1.84. The molecule has 0 aliphatic heterocycles. The Balaban J connectivity index is 3.72. The monoisotopic (exact) mass is 116 g/mol. The molecule has 3 heteroatoms. The molecule has 0 saturated carbocycles. The van der Waals surface area contributed by atoms with Crippen molar-refractivity contribution in [3.8, 4) is 0 Å². The van der Waals surface area contributed by atoms with Crippen LogP contribution in [0.1, 0.15) is 0 Å². The number of rotatable bonds is 2. The summed E-state index contributed by atoms with van der Waals surface area (Å²) in [5.41, 5.74) is 0. The third kappa shape index (κ3) is 3.19. The lowest BCUT2D eigenvalue weighted by Gasteiger charge is -1.75. The van der Waals surface area contributed by atoms with E-state index in [-0.39, 0.29) is 5.17 Å². The fraction of sp³-hybridized carbons (Fsp3) is 0. The molecule has 0 aliphatic rings. The SMILES string of the molecule is C=CC(Cl)=NN=C. The van der Waals surface area contributed by atoms with Crippen molar-refractivity contribution >= 4 is 23.5 Å². The number of nitrogens with zero attached hydrogens (tertiary/aromatic N) is 2. The van der Waals surface area contributed by atoms with Crippen molar-refractivity contribution in [1.29, 1.82) is 0 Å². The van der Waals surface area contributed by atoms with Crippen LogP contribution in [0.15, 0.2) is 22.9 Å². The van der Waals surface area contributed by atoms with Gasteiger partial charge in [0.1, 0.15) is 0 Å². The summed E-state index contributed by atoms with van der Waals surface area (Å²) in [4.78, 5) is 0. The fourth-order valence-electron chi connectivity index (χ4n) is 0.108. The predicted molar refractivity (Wildman–Crippen MR) is 33.0 cm³/mol. The first kappa shape index (κ1) is 6.37. The Morgan fingerprint density at radius 3 is 2.43 bits per heavy atom. The minimum atomic E-state index is 0.259. The van der Waals surface area contributed by atoms with Crippen molar-refractivity contribution in [3.63, 3.8) is 0 Å². The molecule has 38 valence electrons. The summed E-state index contributed by atoms with van der Waals surface area (Å²) in [5, 5.41) is 6.72. The van der Waals surface area contributed by atoms with Gasteiger partial charge in [0.2, 0.25) is 0 Å². The van der Waals surface area contributed by atoms with Crippen molar-refractivity contribution in [2.75, 3.05) is 0 Å². The van der Waals surface area contributed by atoms with Gasteiger partial charge in [-0.2, -0.15) is 5.10 Å². The number of hydrogen-bond acceptors (Lipinski definition) is 2. The molecule has 0 N–H and O–H groups in total. The standard InChI is InChI=1S/C4H5ClN2/c1-3-4(5)7-6-2/h3H,1-2H2. The lowest BCUT2D eigenvalue weighted by Crippen LogP contribution is -1.71. The lowest BCUT2D eigenvalue weighted by atomic mass is 10.7. The molecule has 0 saturated heterocycles. The van der Waals surface area contributed by atoms with Crippen molar-refractivity contribution < 1.29 is 0 Å². The Labute approximate surface area is 47.2 Å². The van der Waals surface area contributed by atoms with Crippen LogP contribution < -0.4 is 0 Å². The van der Waals surface area contributed by atoms with Gasteiger partial charge in [-0.25, -0.2) is 0 Å². The van der Waals surface area contributed by atoms with E-state index in [1.165, 1.54) is 6.08 Å². The average molecular weight is 117 g/mol. The van der Waals surface area contributed by atoms with Crippen LogP contribution in [0.25, 0.3) is 0 Å². The van der Waals surface area contributed by atoms with Crippen LogP contribution in [-0.4, -0.2) is 11.9 Å². The largest absolute Gasteiger partial charge is 0.166 e. The summed E-state index contributed by atoms with van der Waals surface area (Å²) >= 11 is 5.26. The molecular weight excluding hydrogens is 112 g/mol. The molecule has 2 nitrogen and oxygen atoms in total. The summed E-state index contributed by atoms with van der Waals surface area (Å²) < 4.78 is 0. The zero-order chi connectivity index (χ0) is 5.70. The van der Waals surface area contributed by atoms with Gasteiger partial charge in [0.05, 0.1) is 0 Å². The van der Waals surface area contributed by atoms with Crippen LogP contribution in [0.2, 0.25) is 0 Å². The molecule has 0 aromatic rings. The molecule has 0 rings (SSSR count). The summed E-state index contributed by atoms with van der Waals surface area (Å²) in [5.74, 6) is 0. The molecule has 0 bridgehead atoms. The molecule has 0 unspecified atom stereocenters. The molecule has 0 aliphatic carbocycles. The van der Waals surface area contributed by atoms with E-state index in [2.05, 4.69) is 23.5 Å². The van der Waals surface area contributed by atoms with Gasteiger partial charge in [-0.1, -0.05) is 18.2 Å². The molecule has 0 aromatic heterocycles. The van der Waals surface area contributed by atoms with E-state index < -0.39 is 0 Å². The van der Waals surface area contributed by atoms with Crippen LogP contribution in [0.4, 0.5) is 0 Å². The minimum Gasteiger partial charge on any atom is -0.166 e. The third-order valence-corrected chi connectivity index (χ3v) is 0.565. The first-order valence-corrected chi connectivity index (χ1v) is 2.00. The van der Waals surface area contributed by atoms with Crippen LogP contribution >= 0.6 is 11.6 Å². The highest BCUT2D eigenvalue weighted by atomic mass is 35.5. The van der Waals surface area contributed by atoms with E-state index in [9.17, 15) is 0 Å². The van der Waals surface area contributed by atoms with Crippen molar-refractivity contribution in [3.05, 3.63) is 12.7 Å². The zero-order valence-corrected chi connectivity index (χ0v) is 4.52. The third-order valence-electron chi connectivity index (χ3n) is 0.335. The highest BCUT2D eigenvalue weighted by Gasteiger charge is 1.76. The Kier molecular flexibility index (Phi) is 3.24. The van der Waals surface area contributed by atoms with E-state index >= 15 is 0 Å². The smallest absolute Gasteiger partial charge is 0.151 e. The van der Waals surface area contributed by atoms with E-state index in [4.69, 9.17) is 11.6 Å². The Morgan fingerprint density at radius 1 is 1.71 bits per heavy atom. The van der Waals surface area contributed by atoms with Crippen molar-refractivity contribution in [1.82, 2.24) is 0 Å². The molecule has 0 heterocycles. The van der Waals surface area contributed by atoms with Gasteiger partial charge in [0.15, 0.2) is 5.17 Å². The first-order valence-electron chi connectivity index (χ1n) is 1.63. The second-order valence-corrected chi connectivity index (χ2v) is 1.16. The summed E-state index contributed by atoms with van der Waals surface area (Å²) in [6.45, 7) is 6.41. The lowest BCUT2D eigenvalue weighted by molar-refractivity contribution is 1.28. The van der Waals surface area contributed by atoms with E-state index in [1.54, 1.807) is 0 Å². The Hall–Kier alpha value is -0.630. The van der Waals surface area contributed by atoms with Crippen LogP contribution in [-0.2, 0) is 0 Å². The Morgan fingerprint density at radius 2 is 2.29 bits per heavy atom. The normalized spacial score (nSPS) is 10.7. The van der Waals surface area contributed by atoms with Gasteiger partial charge in [-0.05, 0) is 6.08 Å². The summed E-state index contributed by atoms with van der Waals surface area (Å²) in [7, 11) is 0. The molecule has 0 spiro atoms. The maximum absolute atomic E-state index is 5.26. The molecule has 0 atom stereocenters. The molecule has 0 aromatic carbocycles. The van der Waals surface area contributed by atoms with E-state index in [0.717, 1.165) is 0 Å². The fourth-order valence-corrected chi connectivity index (χ4v) is 0.162. The van der Waals surface area contributed by atoms with Gasteiger partial charge in [-0.15, -0.1) is 5.10 Å². The van der Waals surface area contributed by atoms with E-state index in [1.807, 2.05) is 0 Å². The molecule has 0 amide bonds.